The van der Waals surface area contributed by atoms with Crippen molar-refractivity contribution in [3.8, 4) is 17.0 Å². The minimum absolute atomic E-state index is 0.0251. The second kappa shape index (κ2) is 5.56. The van der Waals surface area contributed by atoms with Crippen LogP contribution in [0.3, 0.4) is 0 Å². The van der Waals surface area contributed by atoms with E-state index in [0.29, 0.717) is 11.4 Å². The van der Waals surface area contributed by atoms with Gasteiger partial charge in [0.2, 0.25) is 5.78 Å². The van der Waals surface area contributed by atoms with Gasteiger partial charge < -0.3 is 9.72 Å². The van der Waals surface area contributed by atoms with Gasteiger partial charge in [-0.15, -0.1) is 0 Å². The molecule has 0 radical (unpaired) electrons. The van der Waals surface area contributed by atoms with E-state index in [1.165, 1.54) is 25.3 Å². The molecule has 0 saturated carbocycles. The summed E-state index contributed by atoms with van der Waals surface area (Å²) in [7, 11) is 1.49. The molecule has 0 bridgehead atoms. The van der Waals surface area contributed by atoms with Crippen LogP contribution in [0.5, 0.6) is 5.75 Å². The van der Waals surface area contributed by atoms with E-state index in [1.807, 2.05) is 30.3 Å². The van der Waals surface area contributed by atoms with Crippen LogP contribution in [-0.4, -0.2) is 23.7 Å². The number of aromatic amines is 1. The number of benzene rings is 2. The lowest BCUT2D eigenvalue weighted by molar-refractivity contribution is 0.0974. The van der Waals surface area contributed by atoms with Crippen molar-refractivity contribution >= 4 is 11.6 Å². The summed E-state index contributed by atoms with van der Waals surface area (Å²) in [6.45, 7) is 0. The molecule has 0 atom stereocenters. The predicted molar refractivity (Wildman–Crippen MR) is 92.4 cm³/mol. The topological polar surface area (TPSA) is 76.2 Å². The molecule has 0 saturated heterocycles. The van der Waals surface area contributed by atoms with Gasteiger partial charge in [-0.1, -0.05) is 30.3 Å². The number of carbonyl (C=O) groups is 2. The van der Waals surface area contributed by atoms with E-state index in [1.54, 1.807) is 6.07 Å². The minimum Gasteiger partial charge on any atom is -0.497 e. The number of aromatic nitrogens is 1. The Morgan fingerprint density at radius 1 is 0.840 bits per heavy atom. The third-order valence-electron chi connectivity index (χ3n) is 4.29. The standard InChI is InChI=1S/C20H13NO4/c1-25-12-7-8-13-14(9-12)20(24)18-17(19(13)23)16(22)10-15(21-18)11-5-3-2-4-6-11/h2-10H,1H3,(H,21,22). The average Bonchev–Trinajstić information content (AvgIpc) is 2.65. The summed E-state index contributed by atoms with van der Waals surface area (Å²) < 4.78 is 5.13. The molecule has 0 spiro atoms. The molecule has 0 aliphatic heterocycles. The van der Waals surface area contributed by atoms with E-state index in [9.17, 15) is 14.4 Å². The molecule has 0 fully saturated rings. The zero-order valence-electron chi connectivity index (χ0n) is 13.3. The van der Waals surface area contributed by atoms with E-state index in [4.69, 9.17) is 4.74 Å². The van der Waals surface area contributed by atoms with Crippen molar-refractivity contribution in [1.29, 1.82) is 0 Å². The number of ketones is 2. The molecule has 1 aromatic heterocycles. The Balaban J connectivity index is 1.95. The number of hydrogen-bond acceptors (Lipinski definition) is 4. The lowest BCUT2D eigenvalue weighted by Crippen LogP contribution is -2.29. The summed E-state index contributed by atoms with van der Waals surface area (Å²) in [6, 6.07) is 15.2. The van der Waals surface area contributed by atoms with Crippen molar-refractivity contribution in [2.24, 2.45) is 0 Å². The maximum atomic E-state index is 12.9. The molecule has 5 nitrogen and oxygen atoms in total. The van der Waals surface area contributed by atoms with Gasteiger partial charge in [0.25, 0.3) is 0 Å². The van der Waals surface area contributed by atoms with Gasteiger partial charge in [-0.25, -0.2) is 0 Å². The molecule has 0 amide bonds. The first kappa shape index (κ1) is 15.1. The Morgan fingerprint density at radius 2 is 1.60 bits per heavy atom. The zero-order chi connectivity index (χ0) is 17.6. The first-order valence-electron chi connectivity index (χ1n) is 7.70. The zero-order valence-corrected chi connectivity index (χ0v) is 13.3. The highest BCUT2D eigenvalue weighted by molar-refractivity contribution is 6.27. The monoisotopic (exact) mass is 331 g/mol. The summed E-state index contributed by atoms with van der Waals surface area (Å²) in [5.74, 6) is -0.364. The van der Waals surface area contributed by atoms with Crippen molar-refractivity contribution in [3.63, 3.8) is 0 Å². The van der Waals surface area contributed by atoms with Gasteiger partial charge in [-0.2, -0.15) is 0 Å². The van der Waals surface area contributed by atoms with E-state index >= 15 is 0 Å². The molecule has 122 valence electrons. The Kier molecular flexibility index (Phi) is 3.35. The minimum atomic E-state index is -0.465. The number of fused-ring (bicyclic) bond motifs is 2. The quantitative estimate of drug-likeness (QED) is 0.613. The van der Waals surface area contributed by atoms with Crippen molar-refractivity contribution in [1.82, 2.24) is 4.98 Å². The van der Waals surface area contributed by atoms with Crippen LogP contribution in [0.2, 0.25) is 0 Å². The van der Waals surface area contributed by atoms with Gasteiger partial charge in [-0.3, -0.25) is 14.4 Å². The van der Waals surface area contributed by atoms with Crippen LogP contribution in [0.25, 0.3) is 11.3 Å². The van der Waals surface area contributed by atoms with Gasteiger partial charge in [0.05, 0.1) is 12.7 Å². The fourth-order valence-corrected chi connectivity index (χ4v) is 3.03. The molecule has 25 heavy (non-hydrogen) atoms. The summed E-state index contributed by atoms with van der Waals surface area (Å²) in [5.41, 5.74) is 1.16. The molecular weight excluding hydrogens is 318 g/mol. The number of pyridine rings is 1. The maximum Gasteiger partial charge on any atom is 0.210 e. The molecule has 4 rings (SSSR count). The number of hydrogen-bond donors (Lipinski definition) is 1. The SMILES string of the molecule is COc1ccc2c(c1)C(=O)c1[nH]c(-c3ccccc3)cc(=O)c1C2=O. The number of nitrogens with one attached hydrogen (secondary N) is 1. The summed E-state index contributed by atoms with van der Waals surface area (Å²) in [5, 5.41) is 0. The Labute approximate surface area is 142 Å². The number of methoxy groups -OCH3 is 1. The molecular formula is C20H13NO4. The number of ether oxygens (including phenoxy) is 1. The average molecular weight is 331 g/mol. The van der Waals surface area contributed by atoms with Crippen molar-refractivity contribution in [3.05, 3.63) is 87.2 Å². The first-order chi connectivity index (χ1) is 12.1. The van der Waals surface area contributed by atoms with E-state index in [-0.39, 0.29) is 22.4 Å². The molecule has 1 N–H and O–H groups in total. The largest absolute Gasteiger partial charge is 0.497 e. The molecule has 3 aromatic rings. The van der Waals surface area contributed by atoms with Crippen LogP contribution in [0.4, 0.5) is 0 Å². The van der Waals surface area contributed by atoms with Crippen LogP contribution in [0.15, 0.2) is 59.4 Å². The summed E-state index contributed by atoms with van der Waals surface area (Å²) in [6.07, 6.45) is 0. The van der Waals surface area contributed by atoms with Gasteiger partial charge in [-0.05, 0) is 23.8 Å². The van der Waals surface area contributed by atoms with Crippen LogP contribution < -0.4 is 10.2 Å². The first-order valence-corrected chi connectivity index (χ1v) is 7.70. The highest BCUT2D eigenvalue weighted by atomic mass is 16.5. The van der Waals surface area contributed by atoms with E-state index in [0.717, 1.165) is 5.56 Å². The highest BCUT2D eigenvalue weighted by Gasteiger charge is 2.33. The normalized spacial score (nSPS) is 12.5. The van der Waals surface area contributed by atoms with Crippen LogP contribution in [0.1, 0.15) is 32.0 Å². The fraction of sp³-hybridized carbons (Fsp3) is 0.0500. The molecule has 1 heterocycles. The highest BCUT2D eigenvalue weighted by Crippen LogP contribution is 2.29. The number of carbonyl (C=O) groups excluding carboxylic acids is 2. The van der Waals surface area contributed by atoms with Crippen molar-refractivity contribution in [2.45, 2.75) is 0 Å². The molecule has 0 unspecified atom stereocenters. The fourth-order valence-electron chi connectivity index (χ4n) is 3.03. The summed E-state index contributed by atoms with van der Waals surface area (Å²) in [4.78, 5) is 41.1. The molecule has 1 aliphatic carbocycles. The third kappa shape index (κ3) is 2.29. The van der Waals surface area contributed by atoms with Crippen LogP contribution in [0, 0.1) is 0 Å². The van der Waals surface area contributed by atoms with Gasteiger partial charge in [0.1, 0.15) is 11.4 Å². The van der Waals surface area contributed by atoms with E-state index in [2.05, 4.69) is 4.98 Å². The van der Waals surface area contributed by atoms with Gasteiger partial charge >= 0.3 is 0 Å². The third-order valence-corrected chi connectivity index (χ3v) is 4.29. The lowest BCUT2D eigenvalue weighted by Gasteiger charge is -2.18. The smallest absolute Gasteiger partial charge is 0.210 e. The maximum absolute atomic E-state index is 12.9. The summed E-state index contributed by atoms with van der Waals surface area (Å²) >= 11 is 0. The second-order valence-corrected chi connectivity index (χ2v) is 5.73. The lowest BCUT2D eigenvalue weighted by atomic mass is 9.86. The molecule has 2 aromatic carbocycles. The van der Waals surface area contributed by atoms with Crippen molar-refractivity contribution in [2.75, 3.05) is 7.11 Å². The molecule has 5 heteroatoms. The number of rotatable bonds is 2. The van der Waals surface area contributed by atoms with E-state index < -0.39 is 17.0 Å². The Morgan fingerprint density at radius 3 is 2.32 bits per heavy atom. The van der Waals surface area contributed by atoms with Gasteiger partial charge in [0, 0.05) is 22.9 Å². The predicted octanol–water partition coefficient (Wildman–Crippen LogP) is 2.83. The second-order valence-electron chi connectivity index (χ2n) is 5.73. The van der Waals surface area contributed by atoms with Gasteiger partial charge in [0.15, 0.2) is 11.2 Å². The van der Waals surface area contributed by atoms with Crippen LogP contribution >= 0.6 is 0 Å². The van der Waals surface area contributed by atoms with Crippen molar-refractivity contribution < 1.29 is 14.3 Å². The Bertz CT molecular complexity index is 1080. The van der Waals surface area contributed by atoms with Crippen LogP contribution in [-0.2, 0) is 0 Å². The molecule has 1 aliphatic rings. The number of H-pyrrole nitrogens is 1. The Hall–Kier alpha value is -3.47.